The van der Waals surface area contributed by atoms with Crippen LogP contribution in [-0.4, -0.2) is 12.7 Å². The van der Waals surface area contributed by atoms with Gasteiger partial charge in [-0.2, -0.15) is 8.78 Å². The molecule has 28 heavy (non-hydrogen) atoms. The minimum Gasteiger partial charge on any atom is -0.491 e. The van der Waals surface area contributed by atoms with Gasteiger partial charge in [-0.15, -0.1) is 0 Å². The molecule has 0 amide bonds. The smallest absolute Gasteiger partial charge is 0.204 e. The third kappa shape index (κ3) is 5.39. The molecule has 1 aromatic carbocycles. The summed E-state index contributed by atoms with van der Waals surface area (Å²) in [5.41, 5.74) is 0.724. The minimum atomic E-state index is -0.931. The van der Waals surface area contributed by atoms with E-state index in [-0.39, 0.29) is 17.6 Å². The summed E-state index contributed by atoms with van der Waals surface area (Å²) in [6.07, 6.45) is 14.5. The summed E-state index contributed by atoms with van der Waals surface area (Å²) in [4.78, 5) is 0. The lowest BCUT2D eigenvalue weighted by molar-refractivity contribution is 0.148. The molecule has 2 nitrogen and oxygen atoms in total. The van der Waals surface area contributed by atoms with E-state index in [1.807, 2.05) is 0 Å². The zero-order chi connectivity index (χ0) is 19.9. The Morgan fingerprint density at radius 2 is 1.61 bits per heavy atom. The van der Waals surface area contributed by atoms with E-state index in [9.17, 15) is 8.78 Å². The van der Waals surface area contributed by atoms with Crippen molar-refractivity contribution < 1.29 is 18.3 Å². The van der Waals surface area contributed by atoms with Gasteiger partial charge in [-0.05, 0) is 50.5 Å². The van der Waals surface area contributed by atoms with E-state index in [1.54, 1.807) is 13.0 Å². The van der Waals surface area contributed by atoms with Crippen LogP contribution in [0.4, 0.5) is 8.78 Å². The van der Waals surface area contributed by atoms with Crippen LogP contribution in [0.3, 0.4) is 0 Å². The van der Waals surface area contributed by atoms with Crippen LogP contribution in [0.1, 0.15) is 90.0 Å². The Hall–Kier alpha value is -1.32. The quantitative estimate of drug-likeness (QED) is 0.412. The lowest BCUT2D eigenvalue weighted by atomic mass is 9.78. The van der Waals surface area contributed by atoms with E-state index in [4.69, 9.17) is 9.47 Å². The molecule has 0 aromatic heterocycles. The van der Waals surface area contributed by atoms with Gasteiger partial charge in [0.15, 0.2) is 11.5 Å². The fraction of sp³-hybridized carbons (Fsp3) is 0.750. The molecule has 1 aliphatic carbocycles. The second-order valence-electron chi connectivity index (χ2n) is 8.66. The van der Waals surface area contributed by atoms with E-state index in [2.05, 4.69) is 6.92 Å². The van der Waals surface area contributed by atoms with Gasteiger partial charge in [-0.25, -0.2) is 0 Å². The molecule has 3 rings (SSSR count). The van der Waals surface area contributed by atoms with Crippen LogP contribution in [0, 0.1) is 23.5 Å². The molecule has 2 aliphatic rings. The molecule has 0 bridgehead atoms. The number of halogens is 2. The molecule has 0 N–H and O–H groups in total. The molecule has 0 radical (unpaired) electrons. The van der Waals surface area contributed by atoms with E-state index >= 15 is 0 Å². The van der Waals surface area contributed by atoms with Gasteiger partial charge in [0.25, 0.3) is 0 Å². The van der Waals surface area contributed by atoms with Crippen LogP contribution >= 0.6 is 0 Å². The van der Waals surface area contributed by atoms with Crippen LogP contribution in [0.5, 0.6) is 11.5 Å². The topological polar surface area (TPSA) is 18.5 Å². The van der Waals surface area contributed by atoms with Gasteiger partial charge in [0.05, 0.1) is 12.7 Å². The monoisotopic (exact) mass is 394 g/mol. The molecular weight excluding hydrogens is 358 g/mol. The first kappa shape index (κ1) is 21.4. The molecule has 158 valence electrons. The van der Waals surface area contributed by atoms with Gasteiger partial charge in [-0.3, -0.25) is 0 Å². The minimum absolute atomic E-state index is 0.000339. The highest BCUT2D eigenvalue weighted by atomic mass is 19.2. The summed E-state index contributed by atoms with van der Waals surface area (Å²) >= 11 is 0. The summed E-state index contributed by atoms with van der Waals surface area (Å²) < 4.78 is 39.5. The zero-order valence-corrected chi connectivity index (χ0v) is 17.6. The molecule has 4 heteroatoms. The largest absolute Gasteiger partial charge is 0.491 e. The highest BCUT2D eigenvalue weighted by molar-refractivity contribution is 5.44. The molecule has 1 atom stereocenters. The third-order valence-electron chi connectivity index (χ3n) is 6.58. The van der Waals surface area contributed by atoms with Crippen LogP contribution in [0.15, 0.2) is 6.07 Å². The number of hydrogen-bond acceptors (Lipinski definition) is 2. The molecule has 1 saturated carbocycles. The number of benzene rings is 1. The predicted octanol–water partition coefficient (Wildman–Crippen LogP) is 7.22. The first-order valence-corrected chi connectivity index (χ1v) is 11.4. The van der Waals surface area contributed by atoms with Crippen LogP contribution in [0.25, 0.3) is 0 Å². The Morgan fingerprint density at radius 1 is 0.929 bits per heavy atom. The van der Waals surface area contributed by atoms with Crippen LogP contribution in [0.2, 0.25) is 0 Å². The van der Waals surface area contributed by atoms with Gasteiger partial charge in [-0.1, -0.05) is 58.3 Å². The zero-order valence-electron chi connectivity index (χ0n) is 17.6. The van der Waals surface area contributed by atoms with Gasteiger partial charge >= 0.3 is 0 Å². The maximum absolute atomic E-state index is 14.4. The van der Waals surface area contributed by atoms with Gasteiger partial charge < -0.3 is 9.47 Å². The Bertz CT molecular complexity index is 624. The van der Waals surface area contributed by atoms with Crippen molar-refractivity contribution in [1.29, 1.82) is 0 Å². The Labute approximate surface area is 169 Å². The van der Waals surface area contributed by atoms with Crippen LogP contribution < -0.4 is 9.47 Å². The maximum atomic E-state index is 14.4. The number of rotatable bonds is 9. The first-order chi connectivity index (χ1) is 13.6. The van der Waals surface area contributed by atoms with E-state index in [0.717, 1.165) is 43.1 Å². The van der Waals surface area contributed by atoms with Crippen molar-refractivity contribution in [2.75, 3.05) is 6.61 Å². The maximum Gasteiger partial charge on any atom is 0.204 e. The summed E-state index contributed by atoms with van der Waals surface area (Å²) in [5.74, 6) is 0.135. The Morgan fingerprint density at radius 3 is 2.29 bits per heavy atom. The summed E-state index contributed by atoms with van der Waals surface area (Å²) in [5, 5.41) is 0. The van der Waals surface area contributed by atoms with E-state index in [1.165, 1.54) is 51.4 Å². The summed E-state index contributed by atoms with van der Waals surface area (Å²) in [6, 6.07) is 1.60. The fourth-order valence-electron chi connectivity index (χ4n) is 4.98. The molecule has 1 unspecified atom stereocenters. The molecule has 1 aromatic rings. The van der Waals surface area contributed by atoms with Gasteiger partial charge in [0.1, 0.15) is 0 Å². The highest BCUT2D eigenvalue weighted by Gasteiger charge is 2.27. The molecule has 0 saturated heterocycles. The van der Waals surface area contributed by atoms with Crippen molar-refractivity contribution in [2.45, 2.75) is 97.0 Å². The van der Waals surface area contributed by atoms with E-state index in [0.29, 0.717) is 6.61 Å². The molecule has 0 spiro atoms. The van der Waals surface area contributed by atoms with Crippen molar-refractivity contribution in [3.8, 4) is 11.5 Å². The van der Waals surface area contributed by atoms with Gasteiger partial charge in [0, 0.05) is 5.56 Å². The fourth-order valence-corrected chi connectivity index (χ4v) is 4.98. The number of hydrogen-bond donors (Lipinski definition) is 0. The predicted molar refractivity (Wildman–Crippen MR) is 109 cm³/mol. The molecular formula is C24H36F2O2. The number of fused-ring (bicyclic) bond motifs is 1. The van der Waals surface area contributed by atoms with Crippen molar-refractivity contribution in [2.24, 2.45) is 11.8 Å². The van der Waals surface area contributed by atoms with Crippen molar-refractivity contribution in [3.63, 3.8) is 0 Å². The van der Waals surface area contributed by atoms with Crippen LogP contribution in [-0.2, 0) is 6.42 Å². The summed E-state index contributed by atoms with van der Waals surface area (Å²) in [6.45, 7) is 4.37. The van der Waals surface area contributed by atoms with Crippen molar-refractivity contribution >= 4 is 0 Å². The Balaban J connectivity index is 1.41. The molecule has 1 aliphatic heterocycles. The second-order valence-corrected chi connectivity index (χ2v) is 8.66. The Kier molecular flexibility index (Phi) is 7.99. The average molecular weight is 395 g/mol. The SMILES string of the molecule is CCCC1CCC(CCCCC2CCc3cc(OCC)c(F)c(F)c3O2)CC1. The van der Waals surface area contributed by atoms with E-state index < -0.39 is 11.6 Å². The molecule has 1 fully saturated rings. The third-order valence-corrected chi connectivity index (χ3v) is 6.58. The van der Waals surface area contributed by atoms with Crippen molar-refractivity contribution in [3.05, 3.63) is 23.3 Å². The van der Waals surface area contributed by atoms with Crippen molar-refractivity contribution in [1.82, 2.24) is 0 Å². The number of unbranched alkanes of at least 4 members (excludes halogenated alkanes) is 1. The number of aryl methyl sites for hydroxylation is 1. The summed E-state index contributed by atoms with van der Waals surface area (Å²) in [7, 11) is 0. The number of ether oxygens (including phenoxy) is 2. The first-order valence-electron chi connectivity index (χ1n) is 11.4. The average Bonchev–Trinajstić information content (AvgIpc) is 2.71. The molecule has 1 heterocycles. The normalized spacial score (nSPS) is 24.5. The lowest BCUT2D eigenvalue weighted by Gasteiger charge is -2.29. The highest BCUT2D eigenvalue weighted by Crippen LogP contribution is 2.38. The lowest BCUT2D eigenvalue weighted by Crippen LogP contribution is -2.24. The second kappa shape index (κ2) is 10.5. The van der Waals surface area contributed by atoms with Gasteiger partial charge in [0.2, 0.25) is 11.6 Å². The standard InChI is InChI=1S/C24H36F2O2/c1-3-7-17-10-12-18(13-11-17)8-5-6-9-20-15-14-19-16-21(27-4-2)22(25)23(26)24(19)28-20/h16-18,20H,3-15H2,1-2H3.